The number of amides is 2. The quantitative estimate of drug-likeness (QED) is 0.490. The maximum absolute atomic E-state index is 11.8. The number of carbonyl (C=O) groups excluding carboxylic acids is 2. The van der Waals surface area contributed by atoms with Crippen molar-refractivity contribution in [3.05, 3.63) is 57.9 Å². The van der Waals surface area contributed by atoms with Gasteiger partial charge in [0.2, 0.25) is 11.8 Å². The average molecular weight is 389 g/mol. The van der Waals surface area contributed by atoms with E-state index in [0.29, 0.717) is 17.9 Å². The molecule has 0 saturated heterocycles. The number of thiazole rings is 1. The van der Waals surface area contributed by atoms with Gasteiger partial charge in [-0.3, -0.25) is 20.4 Å². The molecule has 134 valence electrons. The third-order valence-corrected chi connectivity index (χ3v) is 4.77. The van der Waals surface area contributed by atoms with Crippen molar-refractivity contribution in [1.82, 2.24) is 26.0 Å². The maximum Gasteiger partial charge on any atom is 0.277 e. The van der Waals surface area contributed by atoms with Crippen molar-refractivity contribution in [2.45, 2.75) is 18.6 Å². The van der Waals surface area contributed by atoms with Crippen LogP contribution in [-0.4, -0.2) is 32.7 Å². The minimum absolute atomic E-state index is 0.0342. The number of aryl methyl sites for hydroxylation is 1. The number of nitrogens with zero attached hydrogens (tertiary/aromatic N) is 3. The van der Waals surface area contributed by atoms with Crippen LogP contribution in [0.25, 0.3) is 0 Å². The number of nitrogens with one attached hydrogen (secondary N) is 2. The maximum atomic E-state index is 11.8. The minimum Gasteiger partial charge on any atom is -0.416 e. The van der Waals surface area contributed by atoms with E-state index in [-0.39, 0.29) is 22.8 Å². The first-order chi connectivity index (χ1) is 12.6. The Bertz CT molecular complexity index is 894. The molecule has 2 aromatic heterocycles. The number of rotatable bonds is 6. The van der Waals surface area contributed by atoms with Crippen molar-refractivity contribution in [3.8, 4) is 0 Å². The second-order valence-electron chi connectivity index (χ2n) is 5.15. The van der Waals surface area contributed by atoms with E-state index in [1.807, 2.05) is 12.3 Å². The molecule has 0 radical (unpaired) electrons. The highest BCUT2D eigenvalue weighted by atomic mass is 32.2. The van der Waals surface area contributed by atoms with Gasteiger partial charge in [-0.25, -0.2) is 4.98 Å². The summed E-state index contributed by atoms with van der Waals surface area (Å²) in [6, 6.07) is 8.60. The molecule has 3 aromatic rings. The summed E-state index contributed by atoms with van der Waals surface area (Å²) >= 11 is 2.65. The number of aromatic nitrogens is 3. The minimum atomic E-state index is -0.386. The molecule has 3 rings (SSSR count). The molecule has 26 heavy (non-hydrogen) atoms. The van der Waals surface area contributed by atoms with Crippen LogP contribution in [0.3, 0.4) is 0 Å². The van der Waals surface area contributed by atoms with Crippen LogP contribution in [-0.2, 0) is 11.2 Å². The first-order valence-electron chi connectivity index (χ1n) is 7.60. The number of carbonyl (C=O) groups is 2. The van der Waals surface area contributed by atoms with Gasteiger partial charge in [0.1, 0.15) is 0 Å². The topological polar surface area (TPSA) is 110 Å². The zero-order chi connectivity index (χ0) is 18.4. The molecule has 0 fully saturated rings. The summed E-state index contributed by atoms with van der Waals surface area (Å²) in [5.74, 6) is -0.292. The fraction of sp³-hybridized carbons (Fsp3) is 0.188. The van der Waals surface area contributed by atoms with E-state index < -0.39 is 0 Å². The number of thioether (sulfide) groups is 1. The smallest absolute Gasteiger partial charge is 0.277 e. The van der Waals surface area contributed by atoms with E-state index in [1.54, 1.807) is 41.7 Å². The Balaban J connectivity index is 1.42. The second-order valence-corrected chi connectivity index (χ2v) is 7.14. The van der Waals surface area contributed by atoms with Gasteiger partial charge in [0.15, 0.2) is 0 Å². The van der Waals surface area contributed by atoms with Crippen LogP contribution in [0.5, 0.6) is 0 Å². The van der Waals surface area contributed by atoms with Gasteiger partial charge in [-0.2, -0.15) is 0 Å². The summed E-state index contributed by atoms with van der Waals surface area (Å²) in [4.78, 5) is 28.0. The van der Waals surface area contributed by atoms with E-state index in [1.165, 1.54) is 0 Å². The van der Waals surface area contributed by atoms with Crippen molar-refractivity contribution in [1.29, 1.82) is 0 Å². The number of hydrogen-bond donors (Lipinski definition) is 2. The van der Waals surface area contributed by atoms with Crippen LogP contribution >= 0.6 is 23.1 Å². The van der Waals surface area contributed by atoms with E-state index in [0.717, 1.165) is 22.5 Å². The molecule has 0 aliphatic heterocycles. The van der Waals surface area contributed by atoms with E-state index in [4.69, 9.17) is 4.42 Å². The second kappa shape index (κ2) is 8.59. The Labute approximate surface area is 157 Å². The fourth-order valence-electron chi connectivity index (χ4n) is 1.96. The Morgan fingerprint density at radius 2 is 2.00 bits per heavy atom. The predicted molar refractivity (Wildman–Crippen MR) is 96.7 cm³/mol. The van der Waals surface area contributed by atoms with Crippen molar-refractivity contribution in [2.75, 3.05) is 5.75 Å². The van der Waals surface area contributed by atoms with Gasteiger partial charge in [-0.15, -0.1) is 21.5 Å². The summed E-state index contributed by atoms with van der Waals surface area (Å²) in [5, 5.41) is 11.0. The summed E-state index contributed by atoms with van der Waals surface area (Å²) in [6.07, 6.45) is 0.456. The molecule has 2 N–H and O–H groups in total. The van der Waals surface area contributed by atoms with Crippen molar-refractivity contribution < 1.29 is 14.0 Å². The molecule has 0 unspecified atom stereocenters. The standard InChI is InChI=1S/C16H15N5O3S2/c1-10-17-12(8-25-10)7-14-19-21-16(24-14)26-9-13(22)18-20-15(23)11-5-3-2-4-6-11/h2-6,8H,7,9H2,1H3,(H,18,22)(H,20,23). The molecule has 1 aromatic carbocycles. The fourth-order valence-corrected chi connectivity index (χ4v) is 3.16. The van der Waals surface area contributed by atoms with Gasteiger partial charge in [0, 0.05) is 10.9 Å². The first-order valence-corrected chi connectivity index (χ1v) is 9.47. The molecule has 2 heterocycles. The molecule has 10 heteroatoms. The molecule has 0 spiro atoms. The number of hydrazine groups is 1. The highest BCUT2D eigenvalue weighted by molar-refractivity contribution is 7.99. The zero-order valence-corrected chi connectivity index (χ0v) is 15.4. The lowest BCUT2D eigenvalue weighted by atomic mass is 10.2. The SMILES string of the molecule is Cc1nc(Cc2nnc(SCC(=O)NNC(=O)c3ccccc3)o2)cs1. The van der Waals surface area contributed by atoms with Crippen LogP contribution in [0.4, 0.5) is 0 Å². The molecular weight excluding hydrogens is 374 g/mol. The van der Waals surface area contributed by atoms with Crippen LogP contribution in [0.1, 0.15) is 27.0 Å². The van der Waals surface area contributed by atoms with Crippen LogP contribution in [0, 0.1) is 6.92 Å². The first kappa shape index (κ1) is 18.1. The highest BCUT2D eigenvalue weighted by Crippen LogP contribution is 2.18. The van der Waals surface area contributed by atoms with E-state index in [2.05, 4.69) is 26.0 Å². The summed E-state index contributed by atoms with van der Waals surface area (Å²) in [5.41, 5.74) is 6.02. The third-order valence-electron chi connectivity index (χ3n) is 3.13. The molecule has 0 aliphatic carbocycles. The Morgan fingerprint density at radius 1 is 1.19 bits per heavy atom. The predicted octanol–water partition coefficient (Wildman–Crippen LogP) is 1.98. The van der Waals surface area contributed by atoms with E-state index in [9.17, 15) is 9.59 Å². The van der Waals surface area contributed by atoms with Gasteiger partial charge in [-0.05, 0) is 19.1 Å². The lowest BCUT2D eigenvalue weighted by Gasteiger charge is -2.06. The zero-order valence-electron chi connectivity index (χ0n) is 13.8. The number of hydrogen-bond acceptors (Lipinski definition) is 8. The van der Waals surface area contributed by atoms with Gasteiger partial charge < -0.3 is 4.42 Å². The third kappa shape index (κ3) is 5.14. The van der Waals surface area contributed by atoms with Gasteiger partial charge in [0.25, 0.3) is 11.1 Å². The van der Waals surface area contributed by atoms with E-state index >= 15 is 0 Å². The van der Waals surface area contributed by atoms with Crippen molar-refractivity contribution >= 4 is 34.9 Å². The highest BCUT2D eigenvalue weighted by Gasteiger charge is 2.12. The molecule has 0 bridgehead atoms. The Hall–Kier alpha value is -2.72. The summed E-state index contributed by atoms with van der Waals surface area (Å²) in [6.45, 7) is 1.93. The summed E-state index contributed by atoms with van der Waals surface area (Å²) in [7, 11) is 0. The lowest BCUT2D eigenvalue weighted by Crippen LogP contribution is -2.42. The monoisotopic (exact) mass is 389 g/mol. The van der Waals surface area contributed by atoms with Gasteiger partial charge in [0.05, 0.1) is 22.9 Å². The van der Waals surface area contributed by atoms with Crippen LogP contribution in [0.15, 0.2) is 45.4 Å². The van der Waals surface area contributed by atoms with Crippen molar-refractivity contribution in [3.63, 3.8) is 0 Å². The van der Waals surface area contributed by atoms with Gasteiger partial charge in [-0.1, -0.05) is 30.0 Å². The molecule has 8 nitrogen and oxygen atoms in total. The summed E-state index contributed by atoms with van der Waals surface area (Å²) < 4.78 is 5.48. The molecule has 0 atom stereocenters. The van der Waals surface area contributed by atoms with Crippen molar-refractivity contribution in [2.24, 2.45) is 0 Å². The largest absolute Gasteiger partial charge is 0.416 e. The molecule has 0 saturated carbocycles. The number of benzene rings is 1. The Morgan fingerprint density at radius 3 is 2.73 bits per heavy atom. The van der Waals surface area contributed by atoms with Crippen LogP contribution in [0.2, 0.25) is 0 Å². The average Bonchev–Trinajstić information content (AvgIpc) is 3.27. The molecule has 2 amide bonds. The Kier molecular flexibility index (Phi) is 5.97. The van der Waals surface area contributed by atoms with Crippen LogP contribution < -0.4 is 10.9 Å². The van der Waals surface area contributed by atoms with Gasteiger partial charge >= 0.3 is 0 Å². The molecule has 0 aliphatic rings. The molecular formula is C16H15N5O3S2. The normalized spacial score (nSPS) is 10.5. The lowest BCUT2D eigenvalue weighted by molar-refractivity contribution is -0.119.